The van der Waals surface area contributed by atoms with Gasteiger partial charge in [-0.15, -0.1) is 0 Å². The number of hydrogen-bond acceptors (Lipinski definition) is 2. The Morgan fingerprint density at radius 2 is 2.27 bits per heavy atom. The normalized spacial score (nSPS) is 39.5. The highest BCUT2D eigenvalue weighted by Gasteiger charge is 2.37. The lowest BCUT2D eigenvalue weighted by atomic mass is 10.1. The smallest absolute Gasteiger partial charge is 0.404 e. The molecule has 0 saturated heterocycles. The van der Waals surface area contributed by atoms with Crippen molar-refractivity contribution in [2.75, 3.05) is 0 Å². The Morgan fingerprint density at radius 1 is 1.45 bits per heavy atom. The van der Waals surface area contributed by atoms with Crippen LogP contribution in [-0.4, -0.2) is 12.2 Å². The van der Waals surface area contributed by atoms with Gasteiger partial charge in [-0.1, -0.05) is 12.2 Å². The fourth-order valence-corrected chi connectivity index (χ4v) is 2.01. The van der Waals surface area contributed by atoms with E-state index in [0.717, 1.165) is 12.8 Å². The number of primary amides is 1. The molecule has 0 radical (unpaired) electrons. The van der Waals surface area contributed by atoms with Crippen molar-refractivity contribution in [2.24, 2.45) is 17.6 Å². The molecule has 2 aliphatic carbocycles. The molecule has 2 N–H and O–H groups in total. The summed E-state index contributed by atoms with van der Waals surface area (Å²) in [6.45, 7) is 0. The first kappa shape index (κ1) is 6.70. The van der Waals surface area contributed by atoms with Crippen molar-refractivity contribution < 1.29 is 9.53 Å². The lowest BCUT2D eigenvalue weighted by molar-refractivity contribution is 0.0918. The van der Waals surface area contributed by atoms with Crippen molar-refractivity contribution in [3.63, 3.8) is 0 Å². The van der Waals surface area contributed by atoms with E-state index in [0.29, 0.717) is 11.8 Å². The summed E-state index contributed by atoms with van der Waals surface area (Å²) < 4.78 is 4.93. The van der Waals surface area contributed by atoms with Crippen LogP contribution in [0.5, 0.6) is 0 Å². The minimum absolute atomic E-state index is 0.0579. The quantitative estimate of drug-likeness (QED) is 0.572. The number of carbonyl (C=O) groups excluding carboxylic acids is 1. The summed E-state index contributed by atoms with van der Waals surface area (Å²) in [6, 6.07) is 0. The van der Waals surface area contributed by atoms with Gasteiger partial charge in [0.2, 0.25) is 0 Å². The summed E-state index contributed by atoms with van der Waals surface area (Å²) >= 11 is 0. The Balaban J connectivity index is 1.98. The molecule has 0 unspecified atom stereocenters. The van der Waals surface area contributed by atoms with E-state index in [1.54, 1.807) is 0 Å². The zero-order valence-electron chi connectivity index (χ0n) is 6.19. The van der Waals surface area contributed by atoms with Crippen LogP contribution in [0, 0.1) is 11.8 Å². The number of hydrogen-bond donors (Lipinski definition) is 1. The van der Waals surface area contributed by atoms with Crippen LogP contribution in [-0.2, 0) is 4.74 Å². The summed E-state index contributed by atoms with van der Waals surface area (Å²) in [5, 5.41) is 0. The van der Waals surface area contributed by atoms with Crippen LogP contribution in [0.3, 0.4) is 0 Å². The molecule has 3 heteroatoms. The average molecular weight is 153 g/mol. The van der Waals surface area contributed by atoms with Gasteiger partial charge in [-0.3, -0.25) is 0 Å². The molecule has 2 rings (SSSR count). The van der Waals surface area contributed by atoms with Crippen molar-refractivity contribution in [1.29, 1.82) is 0 Å². The molecule has 0 aromatic heterocycles. The molecule has 2 bridgehead atoms. The molecule has 0 heterocycles. The van der Waals surface area contributed by atoms with E-state index in [1.807, 2.05) is 0 Å². The molecular formula is C8H11NO2. The molecule has 0 aromatic rings. The van der Waals surface area contributed by atoms with Gasteiger partial charge in [0, 0.05) is 5.92 Å². The van der Waals surface area contributed by atoms with E-state index in [2.05, 4.69) is 12.2 Å². The third kappa shape index (κ3) is 1.11. The highest BCUT2D eigenvalue weighted by atomic mass is 16.6. The molecule has 0 spiro atoms. The maximum atomic E-state index is 10.4. The lowest BCUT2D eigenvalue weighted by Gasteiger charge is -2.16. The maximum Gasteiger partial charge on any atom is 0.404 e. The zero-order chi connectivity index (χ0) is 7.84. The van der Waals surface area contributed by atoms with Gasteiger partial charge in [0.1, 0.15) is 6.10 Å². The summed E-state index contributed by atoms with van der Waals surface area (Å²) in [5.41, 5.74) is 4.92. The molecule has 1 fully saturated rings. The van der Waals surface area contributed by atoms with Crippen molar-refractivity contribution >= 4 is 6.09 Å². The van der Waals surface area contributed by atoms with Crippen molar-refractivity contribution in [3.8, 4) is 0 Å². The van der Waals surface area contributed by atoms with Gasteiger partial charge in [0.25, 0.3) is 0 Å². The van der Waals surface area contributed by atoms with Gasteiger partial charge in [-0.2, -0.15) is 0 Å². The SMILES string of the molecule is NC(=O)O[C@@H]1C[C@@H]2C=C[C@H]1C2. The van der Waals surface area contributed by atoms with Crippen LogP contribution >= 0.6 is 0 Å². The van der Waals surface area contributed by atoms with Crippen LogP contribution in [0.25, 0.3) is 0 Å². The minimum atomic E-state index is -0.643. The van der Waals surface area contributed by atoms with Crippen LogP contribution in [0.15, 0.2) is 12.2 Å². The van der Waals surface area contributed by atoms with Crippen molar-refractivity contribution in [1.82, 2.24) is 0 Å². The van der Waals surface area contributed by atoms with Gasteiger partial charge in [0.15, 0.2) is 0 Å². The molecule has 1 saturated carbocycles. The number of nitrogens with two attached hydrogens (primary N) is 1. The number of carbonyl (C=O) groups is 1. The van der Waals surface area contributed by atoms with Crippen molar-refractivity contribution in [2.45, 2.75) is 18.9 Å². The zero-order valence-corrected chi connectivity index (χ0v) is 6.19. The van der Waals surface area contributed by atoms with Crippen molar-refractivity contribution in [3.05, 3.63) is 12.2 Å². The first-order valence-electron chi connectivity index (χ1n) is 3.90. The monoisotopic (exact) mass is 153 g/mol. The van der Waals surface area contributed by atoms with Crippen LogP contribution in [0.2, 0.25) is 0 Å². The van der Waals surface area contributed by atoms with Gasteiger partial charge in [-0.25, -0.2) is 4.79 Å². The summed E-state index contributed by atoms with van der Waals surface area (Å²) in [7, 11) is 0. The molecule has 3 atom stereocenters. The predicted octanol–water partition coefficient (Wildman–Crippen LogP) is 1.05. The Kier molecular flexibility index (Phi) is 1.37. The molecule has 0 aromatic carbocycles. The molecule has 3 nitrogen and oxygen atoms in total. The first-order chi connectivity index (χ1) is 5.25. The van der Waals surface area contributed by atoms with E-state index in [1.165, 1.54) is 0 Å². The van der Waals surface area contributed by atoms with E-state index >= 15 is 0 Å². The first-order valence-corrected chi connectivity index (χ1v) is 3.90. The Labute approximate surface area is 65.2 Å². The number of allylic oxidation sites excluding steroid dienone is 1. The molecule has 2 aliphatic rings. The fraction of sp³-hybridized carbons (Fsp3) is 0.625. The third-order valence-electron chi connectivity index (χ3n) is 2.49. The van der Waals surface area contributed by atoms with E-state index in [4.69, 9.17) is 10.5 Å². The molecule has 1 amide bonds. The number of fused-ring (bicyclic) bond motifs is 2. The minimum Gasteiger partial charge on any atom is -0.446 e. The van der Waals surface area contributed by atoms with Gasteiger partial charge >= 0.3 is 6.09 Å². The van der Waals surface area contributed by atoms with Gasteiger partial charge < -0.3 is 10.5 Å². The van der Waals surface area contributed by atoms with Gasteiger partial charge in [-0.05, 0) is 18.8 Å². The maximum absolute atomic E-state index is 10.4. The fourth-order valence-electron chi connectivity index (χ4n) is 2.01. The number of ether oxygens (including phenoxy) is 1. The Morgan fingerprint density at radius 3 is 2.73 bits per heavy atom. The molecule has 60 valence electrons. The van der Waals surface area contributed by atoms with Gasteiger partial charge in [0.05, 0.1) is 0 Å². The number of amides is 1. The van der Waals surface area contributed by atoms with E-state index < -0.39 is 6.09 Å². The topological polar surface area (TPSA) is 52.3 Å². The second-order valence-electron chi connectivity index (χ2n) is 3.26. The molecule has 11 heavy (non-hydrogen) atoms. The Bertz CT molecular complexity index is 212. The van der Waals surface area contributed by atoms with E-state index in [9.17, 15) is 4.79 Å². The second-order valence-corrected chi connectivity index (χ2v) is 3.26. The highest BCUT2D eigenvalue weighted by Crippen LogP contribution is 2.40. The molecular weight excluding hydrogens is 142 g/mol. The van der Waals surface area contributed by atoms with Crippen LogP contribution < -0.4 is 5.73 Å². The largest absolute Gasteiger partial charge is 0.446 e. The number of rotatable bonds is 1. The van der Waals surface area contributed by atoms with E-state index in [-0.39, 0.29) is 6.10 Å². The van der Waals surface area contributed by atoms with Crippen LogP contribution in [0.1, 0.15) is 12.8 Å². The Hall–Kier alpha value is -0.990. The average Bonchev–Trinajstić information content (AvgIpc) is 2.45. The summed E-state index contributed by atoms with van der Waals surface area (Å²) in [6.07, 6.45) is 5.84. The molecule has 0 aliphatic heterocycles. The highest BCUT2D eigenvalue weighted by molar-refractivity contribution is 5.65. The predicted molar refractivity (Wildman–Crippen MR) is 39.8 cm³/mol. The van der Waals surface area contributed by atoms with Crippen LogP contribution in [0.4, 0.5) is 4.79 Å². The second kappa shape index (κ2) is 2.26. The third-order valence-corrected chi connectivity index (χ3v) is 2.49. The summed E-state index contributed by atoms with van der Waals surface area (Å²) in [4.78, 5) is 10.4. The lowest BCUT2D eigenvalue weighted by Crippen LogP contribution is -2.25. The standard InChI is InChI=1S/C8H11NO2/c9-8(10)11-7-4-5-1-2-6(7)3-5/h1-2,5-7H,3-4H2,(H2,9,10)/t5-,6+,7-/m1/s1. The summed E-state index contributed by atoms with van der Waals surface area (Å²) in [5.74, 6) is 1.07.